The van der Waals surface area contributed by atoms with Crippen LogP contribution in [0.5, 0.6) is 0 Å². The number of hydrogen-bond donors (Lipinski definition) is 1. The van der Waals surface area contributed by atoms with E-state index < -0.39 is 0 Å². The van der Waals surface area contributed by atoms with Crippen LogP contribution >= 0.6 is 15.9 Å². The molecule has 1 saturated heterocycles. The summed E-state index contributed by atoms with van der Waals surface area (Å²) in [7, 11) is 0. The molecule has 1 heterocycles. The molecule has 0 radical (unpaired) electrons. The minimum absolute atomic E-state index is 0.152. The van der Waals surface area contributed by atoms with E-state index in [-0.39, 0.29) is 6.10 Å². The van der Waals surface area contributed by atoms with Crippen molar-refractivity contribution in [2.45, 2.75) is 32.4 Å². The molecule has 1 aliphatic rings. The molecule has 0 aromatic heterocycles. The molecule has 0 aliphatic carbocycles. The highest BCUT2D eigenvalue weighted by Crippen LogP contribution is 2.24. The molecule has 17 heavy (non-hydrogen) atoms. The minimum atomic E-state index is -0.152. The highest BCUT2D eigenvalue weighted by atomic mass is 79.9. The van der Waals surface area contributed by atoms with Crippen LogP contribution in [0.15, 0.2) is 28.7 Å². The fourth-order valence-corrected chi connectivity index (χ4v) is 2.87. The van der Waals surface area contributed by atoms with Crippen molar-refractivity contribution in [2.75, 3.05) is 13.1 Å². The Balaban J connectivity index is 1.88. The molecule has 1 aromatic rings. The van der Waals surface area contributed by atoms with E-state index >= 15 is 0 Å². The first-order valence-electron chi connectivity index (χ1n) is 6.30. The van der Waals surface area contributed by atoms with Crippen molar-refractivity contribution >= 4 is 15.9 Å². The SMILES string of the molecule is CC(O)C1CCN(Cc2ccccc2Br)CC1. The Morgan fingerprint density at radius 3 is 2.59 bits per heavy atom. The Morgan fingerprint density at radius 2 is 2.00 bits per heavy atom. The van der Waals surface area contributed by atoms with Crippen molar-refractivity contribution in [1.82, 2.24) is 4.90 Å². The summed E-state index contributed by atoms with van der Waals surface area (Å²) in [5.74, 6) is 0.491. The van der Waals surface area contributed by atoms with Gasteiger partial charge in [0.15, 0.2) is 0 Å². The number of hydrogen-bond acceptors (Lipinski definition) is 2. The maximum atomic E-state index is 9.57. The van der Waals surface area contributed by atoms with Gasteiger partial charge >= 0.3 is 0 Å². The van der Waals surface area contributed by atoms with Gasteiger partial charge in [0.05, 0.1) is 6.10 Å². The van der Waals surface area contributed by atoms with Crippen LogP contribution in [0.1, 0.15) is 25.3 Å². The molecule has 0 saturated carbocycles. The van der Waals surface area contributed by atoms with Crippen molar-refractivity contribution < 1.29 is 5.11 Å². The van der Waals surface area contributed by atoms with Crippen LogP contribution in [-0.4, -0.2) is 29.2 Å². The van der Waals surface area contributed by atoms with Crippen LogP contribution in [0, 0.1) is 5.92 Å². The fourth-order valence-electron chi connectivity index (χ4n) is 2.46. The normalized spacial score (nSPS) is 20.4. The fraction of sp³-hybridized carbons (Fsp3) is 0.571. The first-order valence-corrected chi connectivity index (χ1v) is 7.10. The molecule has 1 fully saturated rings. The lowest BCUT2D eigenvalue weighted by molar-refractivity contribution is 0.0695. The zero-order chi connectivity index (χ0) is 12.3. The van der Waals surface area contributed by atoms with Crippen LogP contribution in [0.4, 0.5) is 0 Å². The first-order chi connectivity index (χ1) is 8.16. The number of halogens is 1. The highest BCUT2D eigenvalue weighted by molar-refractivity contribution is 9.10. The summed E-state index contributed by atoms with van der Waals surface area (Å²) >= 11 is 3.59. The lowest BCUT2D eigenvalue weighted by Crippen LogP contribution is -2.36. The predicted octanol–water partition coefficient (Wildman–Crippen LogP) is 3.04. The van der Waals surface area contributed by atoms with Crippen molar-refractivity contribution in [3.05, 3.63) is 34.3 Å². The number of likely N-dealkylation sites (tertiary alicyclic amines) is 1. The first kappa shape index (κ1) is 13.1. The lowest BCUT2D eigenvalue weighted by Gasteiger charge is -2.33. The Labute approximate surface area is 112 Å². The number of aliphatic hydroxyl groups is 1. The third kappa shape index (κ3) is 3.54. The number of piperidine rings is 1. The largest absolute Gasteiger partial charge is 0.393 e. The van der Waals surface area contributed by atoms with Crippen LogP contribution in [0.2, 0.25) is 0 Å². The van der Waals surface area contributed by atoms with Crippen LogP contribution in [0.3, 0.4) is 0 Å². The van der Waals surface area contributed by atoms with Crippen molar-refractivity contribution in [3.8, 4) is 0 Å². The molecule has 1 N–H and O–H groups in total. The van der Waals surface area contributed by atoms with E-state index in [2.05, 4.69) is 39.0 Å². The molecule has 3 heteroatoms. The quantitative estimate of drug-likeness (QED) is 0.927. The molecule has 0 bridgehead atoms. The summed E-state index contributed by atoms with van der Waals surface area (Å²) in [4.78, 5) is 2.47. The second-order valence-corrected chi connectivity index (χ2v) is 5.80. The van der Waals surface area contributed by atoms with Gasteiger partial charge in [0.25, 0.3) is 0 Å². The number of rotatable bonds is 3. The summed E-state index contributed by atoms with van der Waals surface area (Å²) in [6, 6.07) is 8.40. The zero-order valence-corrected chi connectivity index (χ0v) is 11.9. The van der Waals surface area contributed by atoms with Gasteiger partial charge in [-0.05, 0) is 50.4 Å². The average molecular weight is 298 g/mol. The van der Waals surface area contributed by atoms with Crippen LogP contribution < -0.4 is 0 Å². The van der Waals surface area contributed by atoms with E-state index in [1.165, 1.54) is 10.0 Å². The van der Waals surface area contributed by atoms with Gasteiger partial charge in [-0.3, -0.25) is 4.90 Å². The van der Waals surface area contributed by atoms with E-state index in [0.717, 1.165) is 32.5 Å². The summed E-state index contributed by atoms with van der Waals surface area (Å²) < 4.78 is 1.19. The number of benzene rings is 1. The molecule has 0 amide bonds. The van der Waals surface area contributed by atoms with E-state index in [0.29, 0.717) is 5.92 Å². The third-order valence-electron chi connectivity index (χ3n) is 3.67. The average Bonchev–Trinajstić information content (AvgIpc) is 2.33. The van der Waals surface area contributed by atoms with Gasteiger partial charge in [0.1, 0.15) is 0 Å². The number of nitrogens with zero attached hydrogens (tertiary/aromatic N) is 1. The molecular weight excluding hydrogens is 278 g/mol. The van der Waals surface area contributed by atoms with Crippen molar-refractivity contribution in [3.63, 3.8) is 0 Å². The maximum Gasteiger partial charge on any atom is 0.0541 e. The van der Waals surface area contributed by atoms with Gasteiger partial charge in [0.2, 0.25) is 0 Å². The van der Waals surface area contributed by atoms with Gasteiger partial charge in [-0.2, -0.15) is 0 Å². The van der Waals surface area contributed by atoms with Crippen LogP contribution in [0.25, 0.3) is 0 Å². The molecule has 0 spiro atoms. The molecule has 2 nitrogen and oxygen atoms in total. The molecule has 1 aromatic carbocycles. The molecule has 1 aliphatic heterocycles. The predicted molar refractivity (Wildman–Crippen MR) is 73.8 cm³/mol. The second-order valence-electron chi connectivity index (χ2n) is 4.95. The van der Waals surface area contributed by atoms with Gasteiger partial charge < -0.3 is 5.11 Å². The van der Waals surface area contributed by atoms with Gasteiger partial charge in [-0.1, -0.05) is 34.1 Å². The maximum absolute atomic E-state index is 9.57. The van der Waals surface area contributed by atoms with E-state index in [1.54, 1.807) is 0 Å². The van der Waals surface area contributed by atoms with Gasteiger partial charge in [0, 0.05) is 11.0 Å². The van der Waals surface area contributed by atoms with E-state index in [4.69, 9.17) is 0 Å². The Hall–Kier alpha value is -0.380. The topological polar surface area (TPSA) is 23.5 Å². The summed E-state index contributed by atoms with van der Waals surface area (Å²) in [6.07, 6.45) is 2.07. The Bertz CT molecular complexity index is 359. The lowest BCUT2D eigenvalue weighted by atomic mass is 9.92. The molecule has 2 rings (SSSR count). The minimum Gasteiger partial charge on any atom is -0.393 e. The smallest absolute Gasteiger partial charge is 0.0541 e. The van der Waals surface area contributed by atoms with Crippen molar-refractivity contribution in [1.29, 1.82) is 0 Å². The van der Waals surface area contributed by atoms with E-state index in [9.17, 15) is 5.11 Å². The Kier molecular flexibility index (Phi) is 4.60. The molecule has 1 unspecified atom stereocenters. The van der Waals surface area contributed by atoms with Gasteiger partial charge in [-0.25, -0.2) is 0 Å². The van der Waals surface area contributed by atoms with Gasteiger partial charge in [-0.15, -0.1) is 0 Å². The van der Waals surface area contributed by atoms with E-state index in [1.807, 2.05) is 13.0 Å². The highest BCUT2D eigenvalue weighted by Gasteiger charge is 2.22. The second kappa shape index (κ2) is 5.98. The van der Waals surface area contributed by atoms with Crippen LogP contribution in [-0.2, 0) is 6.54 Å². The number of aliphatic hydroxyl groups excluding tert-OH is 1. The Morgan fingerprint density at radius 1 is 1.35 bits per heavy atom. The molecule has 94 valence electrons. The molecular formula is C14H20BrNO. The third-order valence-corrected chi connectivity index (χ3v) is 4.44. The van der Waals surface area contributed by atoms with Crippen molar-refractivity contribution in [2.24, 2.45) is 5.92 Å². The summed E-state index contributed by atoms with van der Waals surface area (Å²) in [6.45, 7) is 5.11. The zero-order valence-electron chi connectivity index (χ0n) is 10.3. The summed E-state index contributed by atoms with van der Waals surface area (Å²) in [5.41, 5.74) is 1.35. The summed E-state index contributed by atoms with van der Waals surface area (Å²) in [5, 5.41) is 9.57. The standard InChI is InChI=1S/C14H20BrNO/c1-11(17)12-6-8-16(9-7-12)10-13-4-2-3-5-14(13)15/h2-5,11-12,17H,6-10H2,1H3. The monoisotopic (exact) mass is 297 g/mol. The molecule has 1 atom stereocenters.